The highest BCUT2D eigenvalue weighted by Crippen LogP contribution is 2.40. The van der Waals surface area contributed by atoms with Gasteiger partial charge in [-0.15, -0.1) is 11.3 Å². The van der Waals surface area contributed by atoms with Crippen LogP contribution in [-0.4, -0.2) is 15.6 Å². The lowest BCUT2D eigenvalue weighted by molar-refractivity contribution is -0.384. The summed E-state index contributed by atoms with van der Waals surface area (Å²) in [5, 5.41) is 21.4. The van der Waals surface area contributed by atoms with E-state index in [0.29, 0.717) is 16.3 Å². The molecular formula is C25H19ClN4O2S. The molecule has 164 valence electrons. The molecule has 1 aromatic heterocycles. The molecule has 4 aromatic rings. The van der Waals surface area contributed by atoms with Crippen molar-refractivity contribution in [1.82, 2.24) is 4.98 Å². The summed E-state index contributed by atoms with van der Waals surface area (Å²) in [6.07, 6.45) is 0.733. The first-order valence-electron chi connectivity index (χ1n) is 10.4. The molecule has 0 fully saturated rings. The third kappa shape index (κ3) is 4.37. The monoisotopic (exact) mass is 474 g/mol. The van der Waals surface area contributed by atoms with Crippen LogP contribution in [0.25, 0.3) is 11.3 Å². The van der Waals surface area contributed by atoms with Crippen molar-refractivity contribution >= 4 is 39.5 Å². The van der Waals surface area contributed by atoms with Crippen molar-refractivity contribution in [3.8, 4) is 11.3 Å². The molecule has 8 heteroatoms. The first-order chi connectivity index (χ1) is 16.0. The topological polar surface area (TPSA) is 71.6 Å². The number of rotatable bonds is 5. The van der Waals surface area contributed by atoms with Gasteiger partial charge in [-0.25, -0.2) is 9.99 Å². The largest absolute Gasteiger partial charge is 0.270 e. The van der Waals surface area contributed by atoms with E-state index in [9.17, 15) is 10.1 Å². The molecule has 0 bridgehead atoms. The van der Waals surface area contributed by atoms with E-state index in [2.05, 4.69) is 31.2 Å². The van der Waals surface area contributed by atoms with Gasteiger partial charge in [0.15, 0.2) is 0 Å². The Labute approximate surface area is 199 Å². The Morgan fingerprint density at radius 3 is 2.55 bits per heavy atom. The van der Waals surface area contributed by atoms with Crippen LogP contribution < -0.4 is 5.01 Å². The summed E-state index contributed by atoms with van der Waals surface area (Å²) >= 11 is 7.59. The number of hydrogen-bond acceptors (Lipinski definition) is 6. The van der Waals surface area contributed by atoms with E-state index in [-0.39, 0.29) is 11.7 Å². The SMILES string of the molecule is Cc1ccc(C2=NN(c3nc(-c4cccc([N+](=O)[O-])c4)cs3)[C@@H](c3ccc(Cl)cc3)C2)cc1. The molecule has 1 aliphatic rings. The quantitative estimate of drug-likeness (QED) is 0.230. The number of anilines is 1. The van der Waals surface area contributed by atoms with Gasteiger partial charge in [0.2, 0.25) is 5.13 Å². The van der Waals surface area contributed by atoms with Crippen molar-refractivity contribution in [1.29, 1.82) is 0 Å². The number of hydrazone groups is 1. The van der Waals surface area contributed by atoms with Gasteiger partial charge in [-0.2, -0.15) is 5.10 Å². The average molecular weight is 475 g/mol. The van der Waals surface area contributed by atoms with Crippen LogP contribution >= 0.6 is 22.9 Å². The van der Waals surface area contributed by atoms with Crippen LogP contribution in [0.2, 0.25) is 5.02 Å². The number of aryl methyl sites for hydroxylation is 1. The van der Waals surface area contributed by atoms with E-state index in [4.69, 9.17) is 21.7 Å². The van der Waals surface area contributed by atoms with Crippen molar-refractivity contribution in [3.05, 3.63) is 110 Å². The van der Waals surface area contributed by atoms with E-state index in [1.165, 1.54) is 23.0 Å². The predicted octanol–water partition coefficient (Wildman–Crippen LogP) is 7.04. The van der Waals surface area contributed by atoms with Crippen LogP contribution in [0, 0.1) is 17.0 Å². The zero-order valence-electron chi connectivity index (χ0n) is 17.7. The van der Waals surface area contributed by atoms with Gasteiger partial charge < -0.3 is 0 Å². The summed E-state index contributed by atoms with van der Waals surface area (Å²) in [5.41, 5.74) is 5.80. The zero-order chi connectivity index (χ0) is 22.9. The number of benzene rings is 3. The minimum atomic E-state index is -0.397. The molecule has 1 aliphatic heterocycles. The smallest absolute Gasteiger partial charge is 0.258 e. The Bertz CT molecular complexity index is 1350. The fourth-order valence-electron chi connectivity index (χ4n) is 3.83. The third-order valence-corrected chi connectivity index (χ3v) is 6.67. The molecule has 0 radical (unpaired) electrons. The molecule has 1 atom stereocenters. The predicted molar refractivity (Wildman–Crippen MR) is 133 cm³/mol. The first-order valence-corrected chi connectivity index (χ1v) is 11.6. The molecule has 5 rings (SSSR count). The Kier molecular flexibility index (Phi) is 5.66. The lowest BCUT2D eigenvalue weighted by Crippen LogP contribution is -2.18. The van der Waals surface area contributed by atoms with Crippen LogP contribution in [0.1, 0.15) is 29.2 Å². The van der Waals surface area contributed by atoms with Gasteiger partial charge in [-0.1, -0.05) is 65.7 Å². The lowest BCUT2D eigenvalue weighted by atomic mass is 9.98. The van der Waals surface area contributed by atoms with E-state index in [0.717, 1.165) is 28.4 Å². The molecule has 3 aromatic carbocycles. The van der Waals surface area contributed by atoms with Crippen LogP contribution in [0.5, 0.6) is 0 Å². The van der Waals surface area contributed by atoms with Crippen molar-refractivity contribution in [2.75, 3.05) is 5.01 Å². The number of nitro groups is 1. The van der Waals surface area contributed by atoms with Crippen molar-refractivity contribution in [2.45, 2.75) is 19.4 Å². The second kappa shape index (κ2) is 8.77. The molecule has 0 spiro atoms. The Balaban J connectivity index is 1.53. The Morgan fingerprint density at radius 2 is 1.82 bits per heavy atom. The van der Waals surface area contributed by atoms with Crippen molar-refractivity contribution in [3.63, 3.8) is 0 Å². The minimum Gasteiger partial charge on any atom is -0.258 e. The Hall–Kier alpha value is -3.55. The molecule has 0 aliphatic carbocycles. The summed E-state index contributed by atoms with van der Waals surface area (Å²) in [5.74, 6) is 0. The standard InChI is InChI=1S/C25H19ClN4O2S/c1-16-5-7-17(8-6-16)22-14-24(18-9-11-20(26)12-10-18)29(28-22)25-27-23(15-33-25)19-3-2-4-21(13-19)30(31)32/h2-13,15,24H,14H2,1H3/t24-/m1/s1. The van der Waals surface area contributed by atoms with Crippen LogP contribution in [0.15, 0.2) is 83.3 Å². The normalized spacial score (nSPS) is 15.5. The summed E-state index contributed by atoms with van der Waals surface area (Å²) in [7, 11) is 0. The van der Waals surface area contributed by atoms with Gasteiger partial charge in [0.1, 0.15) is 0 Å². The molecule has 33 heavy (non-hydrogen) atoms. The lowest BCUT2D eigenvalue weighted by Gasteiger charge is -2.21. The highest BCUT2D eigenvalue weighted by atomic mass is 35.5. The second-order valence-corrected chi connectivity index (χ2v) is 9.12. The number of thiazole rings is 1. The van der Waals surface area contributed by atoms with E-state index >= 15 is 0 Å². The van der Waals surface area contributed by atoms with Gasteiger partial charge in [-0.3, -0.25) is 10.1 Å². The maximum absolute atomic E-state index is 11.2. The van der Waals surface area contributed by atoms with Gasteiger partial charge in [0.05, 0.1) is 22.4 Å². The van der Waals surface area contributed by atoms with Gasteiger partial charge in [0, 0.05) is 34.5 Å². The number of nitrogens with zero attached hydrogens (tertiary/aromatic N) is 4. The number of aromatic nitrogens is 1. The maximum atomic E-state index is 11.2. The summed E-state index contributed by atoms with van der Waals surface area (Å²) in [6.45, 7) is 2.06. The van der Waals surface area contributed by atoms with Crippen molar-refractivity contribution < 1.29 is 4.92 Å². The number of nitro benzene ring substituents is 1. The van der Waals surface area contributed by atoms with E-state index in [1.54, 1.807) is 12.1 Å². The molecule has 6 nitrogen and oxygen atoms in total. The van der Waals surface area contributed by atoms with Gasteiger partial charge in [0.25, 0.3) is 5.69 Å². The van der Waals surface area contributed by atoms with Crippen LogP contribution in [-0.2, 0) is 0 Å². The average Bonchev–Trinajstić information content (AvgIpc) is 3.48. The summed E-state index contributed by atoms with van der Waals surface area (Å²) in [4.78, 5) is 15.6. The minimum absolute atomic E-state index is 0.0253. The summed E-state index contributed by atoms with van der Waals surface area (Å²) in [6, 6.07) is 22.6. The molecule has 0 saturated heterocycles. The zero-order valence-corrected chi connectivity index (χ0v) is 19.3. The number of non-ortho nitro benzene ring substituents is 1. The van der Waals surface area contributed by atoms with E-state index in [1.807, 2.05) is 40.7 Å². The van der Waals surface area contributed by atoms with Gasteiger partial charge >= 0.3 is 0 Å². The van der Waals surface area contributed by atoms with Crippen LogP contribution in [0.4, 0.5) is 10.8 Å². The fourth-order valence-corrected chi connectivity index (χ4v) is 4.79. The number of halogens is 1. The maximum Gasteiger partial charge on any atom is 0.270 e. The molecule has 0 unspecified atom stereocenters. The Morgan fingerprint density at radius 1 is 1.06 bits per heavy atom. The second-order valence-electron chi connectivity index (χ2n) is 7.85. The summed E-state index contributed by atoms with van der Waals surface area (Å²) < 4.78 is 0. The molecule has 0 N–H and O–H groups in total. The molecule has 2 heterocycles. The fraction of sp³-hybridized carbons (Fsp3) is 0.120. The molecule has 0 amide bonds. The van der Waals surface area contributed by atoms with Crippen LogP contribution in [0.3, 0.4) is 0 Å². The van der Waals surface area contributed by atoms with Gasteiger partial charge in [-0.05, 0) is 30.2 Å². The highest BCUT2D eigenvalue weighted by Gasteiger charge is 2.31. The number of hydrogen-bond donors (Lipinski definition) is 0. The van der Waals surface area contributed by atoms with Crippen molar-refractivity contribution in [2.24, 2.45) is 5.10 Å². The molecule has 0 saturated carbocycles. The third-order valence-electron chi connectivity index (χ3n) is 5.59. The molecular weight excluding hydrogens is 456 g/mol. The first kappa shape index (κ1) is 21.3. The van der Waals surface area contributed by atoms with E-state index < -0.39 is 4.92 Å². The highest BCUT2D eigenvalue weighted by molar-refractivity contribution is 7.14.